The highest BCUT2D eigenvalue weighted by Crippen LogP contribution is 2.46. The third-order valence-corrected chi connectivity index (χ3v) is 10.3. The number of hydrogen-bond donors (Lipinski definition) is 0. The van der Waals surface area contributed by atoms with Gasteiger partial charge in [0.1, 0.15) is 5.52 Å². The molecule has 1 aromatic heterocycles. The smallest absolute Gasteiger partial charge is 0.227 e. The van der Waals surface area contributed by atoms with E-state index in [1.54, 1.807) is 0 Å². The minimum atomic E-state index is 0.618. The van der Waals surface area contributed by atoms with Crippen LogP contribution in [0.25, 0.3) is 77.5 Å². The lowest BCUT2D eigenvalue weighted by Crippen LogP contribution is -2.10. The van der Waals surface area contributed by atoms with Crippen LogP contribution in [-0.4, -0.2) is 4.98 Å². The first kappa shape index (κ1) is 31.5. The van der Waals surface area contributed by atoms with Gasteiger partial charge in [-0.2, -0.15) is 0 Å². The highest BCUT2D eigenvalue weighted by molar-refractivity contribution is 6.24. The Morgan fingerprint density at radius 2 is 0.907 bits per heavy atom. The van der Waals surface area contributed by atoms with Crippen molar-refractivity contribution in [1.82, 2.24) is 4.98 Å². The lowest BCUT2D eigenvalue weighted by Gasteiger charge is -2.27. The van der Waals surface area contributed by atoms with Crippen molar-refractivity contribution in [3.8, 4) is 44.8 Å². The van der Waals surface area contributed by atoms with Crippen LogP contribution in [0.4, 0.5) is 17.1 Å². The Morgan fingerprint density at radius 3 is 1.56 bits per heavy atom. The molecule has 0 N–H and O–H groups in total. The number of oxazole rings is 1. The van der Waals surface area contributed by atoms with Crippen molar-refractivity contribution in [3.05, 3.63) is 206 Å². The summed E-state index contributed by atoms with van der Waals surface area (Å²) in [6, 6.07) is 72.9. The zero-order chi connectivity index (χ0) is 35.8. The zero-order valence-electron chi connectivity index (χ0n) is 29.4. The van der Waals surface area contributed by atoms with Crippen LogP contribution in [0.2, 0.25) is 0 Å². The monoisotopic (exact) mass is 690 g/mol. The molecule has 0 radical (unpaired) electrons. The molecule has 54 heavy (non-hydrogen) atoms. The largest absolute Gasteiger partial charge is 0.435 e. The summed E-state index contributed by atoms with van der Waals surface area (Å²) >= 11 is 0. The molecule has 0 bridgehead atoms. The fourth-order valence-electron chi connectivity index (χ4n) is 7.78. The second-order valence-electron chi connectivity index (χ2n) is 13.5. The van der Waals surface area contributed by atoms with E-state index in [0.717, 1.165) is 66.4 Å². The van der Waals surface area contributed by atoms with Gasteiger partial charge in [0.25, 0.3) is 0 Å². The lowest BCUT2D eigenvalue weighted by molar-refractivity contribution is 0.623. The lowest BCUT2D eigenvalue weighted by atomic mass is 9.91. The summed E-state index contributed by atoms with van der Waals surface area (Å²) in [5.41, 5.74) is 12.9. The van der Waals surface area contributed by atoms with E-state index in [1.807, 2.05) is 30.3 Å². The molecule has 0 spiro atoms. The van der Waals surface area contributed by atoms with Crippen molar-refractivity contribution < 1.29 is 4.42 Å². The fourth-order valence-corrected chi connectivity index (χ4v) is 7.78. The van der Waals surface area contributed by atoms with E-state index in [9.17, 15) is 0 Å². The minimum Gasteiger partial charge on any atom is -0.435 e. The summed E-state index contributed by atoms with van der Waals surface area (Å²) in [4.78, 5) is 7.34. The van der Waals surface area contributed by atoms with Gasteiger partial charge >= 0.3 is 0 Å². The standard InChI is InChI=1S/C51H34N2O/c1-5-16-35(17-6-1)41-24-13-14-25-42(41)37-28-30-40(31-29-37)53(39-22-11-4-12-23-39)48-27-15-26-43-46(48)34-45(36-18-7-2-8-19-36)44-32-33-47-50(49(43)44)54-51(52-47)38-20-9-3-10-21-38/h1-34H. The molecule has 0 fully saturated rings. The summed E-state index contributed by atoms with van der Waals surface area (Å²) in [5.74, 6) is 0.618. The predicted molar refractivity (Wildman–Crippen MR) is 225 cm³/mol. The molecule has 1 heterocycles. The molecule has 0 aliphatic heterocycles. The molecule has 0 saturated carbocycles. The van der Waals surface area contributed by atoms with Crippen molar-refractivity contribution in [2.24, 2.45) is 0 Å². The highest BCUT2D eigenvalue weighted by Gasteiger charge is 2.21. The number of para-hydroxylation sites is 1. The maximum Gasteiger partial charge on any atom is 0.227 e. The van der Waals surface area contributed by atoms with Crippen LogP contribution in [0.5, 0.6) is 0 Å². The molecule has 0 aliphatic carbocycles. The van der Waals surface area contributed by atoms with E-state index in [1.165, 1.54) is 22.3 Å². The zero-order valence-corrected chi connectivity index (χ0v) is 29.4. The number of hydrogen-bond acceptors (Lipinski definition) is 3. The van der Waals surface area contributed by atoms with E-state index in [4.69, 9.17) is 9.40 Å². The summed E-state index contributed by atoms with van der Waals surface area (Å²) in [5, 5.41) is 4.41. The topological polar surface area (TPSA) is 29.3 Å². The fraction of sp³-hybridized carbons (Fsp3) is 0. The van der Waals surface area contributed by atoms with Crippen molar-refractivity contribution in [2.45, 2.75) is 0 Å². The van der Waals surface area contributed by atoms with E-state index >= 15 is 0 Å². The SMILES string of the molecule is c1ccc(-c2nc3ccc4c(-c5ccccc5)cc5c(N(c6ccccc6)c6ccc(-c7ccccc7-c7ccccc7)cc6)cccc5c4c3o2)cc1. The predicted octanol–water partition coefficient (Wildman–Crippen LogP) is 14.3. The number of aromatic nitrogens is 1. The second kappa shape index (κ2) is 13.4. The molecule has 9 aromatic carbocycles. The number of anilines is 3. The molecule has 0 aliphatic rings. The molecule has 0 unspecified atom stereocenters. The first-order chi connectivity index (χ1) is 26.8. The first-order valence-electron chi connectivity index (χ1n) is 18.3. The number of fused-ring (bicyclic) bond motifs is 5. The van der Waals surface area contributed by atoms with Crippen molar-refractivity contribution in [2.75, 3.05) is 4.90 Å². The Morgan fingerprint density at radius 1 is 0.370 bits per heavy atom. The van der Waals surface area contributed by atoms with Crippen molar-refractivity contribution in [3.63, 3.8) is 0 Å². The Kier molecular flexibility index (Phi) is 7.81. The molecule has 0 saturated heterocycles. The summed E-state index contributed by atoms with van der Waals surface area (Å²) < 4.78 is 6.71. The first-order valence-corrected chi connectivity index (χ1v) is 18.3. The van der Waals surface area contributed by atoms with Gasteiger partial charge in [-0.3, -0.25) is 0 Å². The van der Waals surface area contributed by atoms with Crippen molar-refractivity contribution in [1.29, 1.82) is 0 Å². The van der Waals surface area contributed by atoms with Gasteiger partial charge in [0.05, 0.1) is 5.69 Å². The van der Waals surface area contributed by atoms with Crippen LogP contribution in [0.3, 0.4) is 0 Å². The van der Waals surface area contributed by atoms with Gasteiger partial charge in [-0.25, -0.2) is 4.98 Å². The average molecular weight is 691 g/mol. The number of rotatable bonds is 7. The Hall–Kier alpha value is -7.23. The third kappa shape index (κ3) is 5.51. The summed E-state index contributed by atoms with van der Waals surface area (Å²) in [7, 11) is 0. The molecular weight excluding hydrogens is 657 g/mol. The molecular formula is C51H34N2O. The van der Waals surface area contributed by atoms with E-state index in [0.29, 0.717) is 5.89 Å². The Bertz CT molecular complexity index is 2900. The highest BCUT2D eigenvalue weighted by atomic mass is 16.3. The molecule has 10 aromatic rings. The van der Waals surface area contributed by atoms with E-state index < -0.39 is 0 Å². The van der Waals surface area contributed by atoms with E-state index in [2.05, 4.69) is 181 Å². The molecule has 3 heteroatoms. The Labute approximate surface area is 314 Å². The van der Waals surface area contributed by atoms with Gasteiger partial charge in [-0.1, -0.05) is 152 Å². The third-order valence-electron chi connectivity index (χ3n) is 10.3. The normalized spacial score (nSPS) is 11.3. The Balaban J connectivity index is 1.20. The average Bonchev–Trinajstić information content (AvgIpc) is 3.70. The van der Waals surface area contributed by atoms with Crippen LogP contribution >= 0.6 is 0 Å². The summed E-state index contributed by atoms with van der Waals surface area (Å²) in [6.45, 7) is 0. The maximum atomic E-state index is 6.71. The van der Waals surface area contributed by atoms with Gasteiger partial charge in [0.15, 0.2) is 5.58 Å². The number of benzene rings is 9. The van der Waals surface area contributed by atoms with Crippen LogP contribution in [0, 0.1) is 0 Å². The van der Waals surface area contributed by atoms with Gasteiger partial charge in [-0.05, 0) is 98.8 Å². The van der Waals surface area contributed by atoms with Gasteiger partial charge in [-0.15, -0.1) is 0 Å². The van der Waals surface area contributed by atoms with Crippen LogP contribution in [0.1, 0.15) is 0 Å². The molecule has 0 atom stereocenters. The van der Waals surface area contributed by atoms with E-state index in [-0.39, 0.29) is 0 Å². The van der Waals surface area contributed by atoms with Gasteiger partial charge < -0.3 is 9.32 Å². The van der Waals surface area contributed by atoms with Crippen LogP contribution < -0.4 is 4.90 Å². The quantitative estimate of drug-likeness (QED) is 0.156. The minimum absolute atomic E-state index is 0.618. The summed E-state index contributed by atoms with van der Waals surface area (Å²) in [6.07, 6.45) is 0. The number of nitrogens with zero attached hydrogens (tertiary/aromatic N) is 2. The molecule has 3 nitrogen and oxygen atoms in total. The van der Waals surface area contributed by atoms with Gasteiger partial charge in [0, 0.05) is 27.7 Å². The van der Waals surface area contributed by atoms with Crippen molar-refractivity contribution >= 4 is 49.7 Å². The molecule has 10 rings (SSSR count). The molecule has 0 amide bonds. The van der Waals surface area contributed by atoms with Crippen LogP contribution in [0.15, 0.2) is 211 Å². The van der Waals surface area contributed by atoms with Gasteiger partial charge in [0.2, 0.25) is 5.89 Å². The maximum absolute atomic E-state index is 6.71. The second-order valence-corrected chi connectivity index (χ2v) is 13.5. The molecule has 254 valence electrons. The van der Waals surface area contributed by atoms with Crippen LogP contribution in [-0.2, 0) is 0 Å².